The molecule has 0 aromatic carbocycles. The maximum Gasteiger partial charge on any atom is 0.0967 e. The molecule has 0 saturated heterocycles. The molecule has 0 aliphatic rings. The van der Waals surface area contributed by atoms with Crippen LogP contribution in [0.15, 0.2) is 0 Å². The van der Waals surface area contributed by atoms with E-state index in [1.807, 2.05) is 0 Å². The van der Waals surface area contributed by atoms with E-state index < -0.39 is 0 Å². The van der Waals surface area contributed by atoms with Gasteiger partial charge in [0.15, 0.2) is 0 Å². The average Bonchev–Trinajstić information content (AvgIpc) is 0.918. The zero-order valence-corrected chi connectivity index (χ0v) is 6.68. The van der Waals surface area contributed by atoms with Crippen molar-refractivity contribution in [2.75, 3.05) is 5.34 Å². The van der Waals surface area contributed by atoms with E-state index in [-0.39, 0.29) is 46.2 Å². The smallest absolute Gasteiger partial charge is 0.0967 e. The molecule has 0 bridgehead atoms. The summed E-state index contributed by atoms with van der Waals surface area (Å²) in [6.07, 6.45) is 0. The molecule has 0 unspecified atom stereocenters. The van der Waals surface area contributed by atoms with E-state index in [0.717, 1.165) is 0 Å². The van der Waals surface area contributed by atoms with Crippen LogP contribution < -0.4 is 0 Å². The summed E-state index contributed by atoms with van der Waals surface area (Å²) in [4.78, 5) is 0. The molecule has 0 aliphatic heterocycles. The largest absolute Gasteiger partial charge is 0.109 e. The maximum atomic E-state index is 4.76. The first-order chi connectivity index (χ1) is 1.41. The normalized spacial score (nSPS) is 4.50. The van der Waals surface area contributed by atoms with Crippen LogP contribution in [0.5, 0.6) is 0 Å². The third-order valence-electron chi connectivity index (χ3n) is 0. The third-order valence-corrected chi connectivity index (χ3v) is 0. The molecule has 4 heavy (non-hydrogen) atoms. The molecule has 0 spiro atoms. The Bertz CT molecular complexity index is 6.00. The van der Waals surface area contributed by atoms with Crippen molar-refractivity contribution in [3.63, 3.8) is 0 Å². The molecule has 0 heterocycles. The maximum absolute atomic E-state index is 4.76. The van der Waals surface area contributed by atoms with Gasteiger partial charge in [-0.25, -0.2) is 0 Å². The van der Waals surface area contributed by atoms with Gasteiger partial charge in [0.2, 0.25) is 0 Å². The Morgan fingerprint density at radius 2 is 1.25 bits per heavy atom. The van der Waals surface area contributed by atoms with Crippen LogP contribution in [0.25, 0.3) is 0 Å². The van der Waals surface area contributed by atoms with E-state index in [1.54, 1.807) is 0 Å². The van der Waals surface area contributed by atoms with Crippen LogP contribution in [0.3, 0.4) is 0 Å². The average molecular weight is 229 g/mol. The van der Waals surface area contributed by atoms with Gasteiger partial charge >= 0.3 is 0 Å². The summed E-state index contributed by atoms with van der Waals surface area (Å²) in [5.74, 6) is 0. The molecule has 0 aromatic rings. The van der Waals surface area contributed by atoms with Crippen molar-refractivity contribution in [3.05, 3.63) is 0 Å². The number of rotatable bonds is 0. The minimum absolute atomic E-state index is 0. The fourth-order valence-corrected chi connectivity index (χ4v) is 0. The Morgan fingerprint density at radius 3 is 1.25 bits per heavy atom. The molecule has 0 nitrogen and oxygen atoms in total. The summed E-state index contributed by atoms with van der Waals surface area (Å²) in [6, 6.07) is 0. The van der Waals surface area contributed by atoms with Gasteiger partial charge in [0.25, 0.3) is 0 Å². The second kappa shape index (κ2) is 8.87. The van der Waals surface area contributed by atoms with Crippen molar-refractivity contribution < 1.29 is 40.8 Å². The van der Waals surface area contributed by atoms with Crippen LogP contribution in [0.4, 0.5) is 0 Å². The van der Waals surface area contributed by atoms with Gasteiger partial charge in [-0.3, -0.25) is 0 Å². The van der Waals surface area contributed by atoms with Gasteiger partial charge in [0, 0.05) is 40.8 Å². The first kappa shape index (κ1) is 9.33. The molecule has 0 saturated carbocycles. The van der Waals surface area contributed by atoms with Crippen LogP contribution in [0.1, 0.15) is 0 Å². The predicted octanol–water partition coefficient (Wildman–Crippen LogP) is 1.42. The van der Waals surface area contributed by atoms with Gasteiger partial charge in [-0.1, -0.05) is 0 Å². The second-order valence-electron chi connectivity index (χ2n) is 0.101. The van der Waals surface area contributed by atoms with Crippen LogP contribution in [-0.4, -0.2) is 5.34 Å². The van der Waals surface area contributed by atoms with E-state index in [9.17, 15) is 0 Å². The fourth-order valence-electron chi connectivity index (χ4n) is 0. The van der Waals surface area contributed by atoms with E-state index in [2.05, 4.69) is 0 Å². The molecule has 0 rings (SSSR count). The molecule has 0 fully saturated rings. The molecular formula is CH2Cl2Nd. The molecule has 3 heteroatoms. The van der Waals surface area contributed by atoms with Crippen molar-refractivity contribution in [3.8, 4) is 0 Å². The number of hydrogen-bond donors (Lipinski definition) is 0. The topological polar surface area (TPSA) is 0 Å². The Hall–Kier alpha value is 1.93. The summed E-state index contributed by atoms with van der Waals surface area (Å²) in [6.45, 7) is 0. The molecule has 24 valence electrons. The molecule has 0 radical (unpaired) electrons. The zero-order chi connectivity index (χ0) is 2.71. The number of halogens is 2. The first-order valence-corrected chi connectivity index (χ1v) is 1.60. The zero-order valence-electron chi connectivity index (χ0n) is 1.96. The van der Waals surface area contributed by atoms with Gasteiger partial charge in [-0.05, 0) is 0 Å². The SMILES string of the molecule is ClCCl.[Nd]. The Labute approximate surface area is 68.4 Å². The monoisotopic (exact) mass is 226 g/mol. The third kappa shape index (κ3) is 9.06. The van der Waals surface area contributed by atoms with Crippen LogP contribution >= 0.6 is 23.2 Å². The molecular weight excluding hydrogens is 227 g/mol. The van der Waals surface area contributed by atoms with Crippen molar-refractivity contribution in [1.82, 2.24) is 0 Å². The van der Waals surface area contributed by atoms with Gasteiger partial charge in [-0.15, -0.1) is 23.2 Å². The summed E-state index contributed by atoms with van der Waals surface area (Å²) in [5.41, 5.74) is 0. The predicted molar refractivity (Wildman–Crippen MR) is 16.6 cm³/mol. The van der Waals surface area contributed by atoms with E-state index in [0.29, 0.717) is 0 Å². The molecule has 0 aliphatic carbocycles. The second-order valence-corrected chi connectivity index (χ2v) is 0.909. The van der Waals surface area contributed by atoms with Gasteiger partial charge in [-0.2, -0.15) is 0 Å². The fraction of sp³-hybridized carbons (Fsp3) is 1.00. The molecule has 0 N–H and O–H groups in total. The Morgan fingerprint density at radius 1 is 1.25 bits per heavy atom. The first-order valence-electron chi connectivity index (χ1n) is 0.535. The molecule has 0 amide bonds. The number of hydrogen-bond acceptors (Lipinski definition) is 0. The van der Waals surface area contributed by atoms with E-state index in [4.69, 9.17) is 23.2 Å². The van der Waals surface area contributed by atoms with Crippen LogP contribution in [0, 0.1) is 40.8 Å². The molecule has 0 aromatic heterocycles. The number of alkyl halides is 2. The summed E-state index contributed by atoms with van der Waals surface area (Å²) in [5, 5.41) is 0.194. The summed E-state index contributed by atoms with van der Waals surface area (Å²) in [7, 11) is 0. The summed E-state index contributed by atoms with van der Waals surface area (Å²) >= 11 is 9.53. The standard InChI is InChI=1S/CH2Cl2.Nd/c2-1-3;/h1H2;. The van der Waals surface area contributed by atoms with Crippen molar-refractivity contribution in [1.29, 1.82) is 0 Å². The van der Waals surface area contributed by atoms with E-state index >= 15 is 0 Å². The minimum atomic E-state index is 0. The Kier molecular flexibility index (Phi) is 20.7. The Balaban J connectivity index is 0. The van der Waals surface area contributed by atoms with Crippen LogP contribution in [0.2, 0.25) is 0 Å². The van der Waals surface area contributed by atoms with Crippen LogP contribution in [-0.2, 0) is 0 Å². The summed E-state index contributed by atoms with van der Waals surface area (Å²) < 4.78 is 0. The van der Waals surface area contributed by atoms with E-state index in [1.165, 1.54) is 0 Å². The minimum Gasteiger partial charge on any atom is -0.109 e. The molecule has 0 atom stereocenters. The van der Waals surface area contributed by atoms with Gasteiger partial charge < -0.3 is 0 Å². The van der Waals surface area contributed by atoms with Crippen molar-refractivity contribution >= 4 is 23.2 Å². The van der Waals surface area contributed by atoms with Gasteiger partial charge in [0.05, 0.1) is 5.34 Å². The quantitative estimate of drug-likeness (QED) is 0.551. The van der Waals surface area contributed by atoms with Crippen molar-refractivity contribution in [2.24, 2.45) is 0 Å². The van der Waals surface area contributed by atoms with Gasteiger partial charge in [0.1, 0.15) is 0 Å². The van der Waals surface area contributed by atoms with Crippen molar-refractivity contribution in [2.45, 2.75) is 0 Å².